The third kappa shape index (κ3) is 13.1. The van der Waals surface area contributed by atoms with Crippen molar-refractivity contribution in [2.24, 2.45) is 0 Å². The largest absolute Gasteiger partial charge is 0.369 e. The molecule has 0 radical (unpaired) electrons. The van der Waals surface area contributed by atoms with Crippen LogP contribution in [0.1, 0.15) is 48.4 Å². The van der Waals surface area contributed by atoms with Crippen molar-refractivity contribution >= 4 is 98.6 Å². The SMILES string of the molecule is CC(=O)N1CCN(c2ccc(C(=O)Nc3ccc(Cl)c(NC(=O)c4ccc(Cl)cc4)c3)cn2)CC1.CN1CCN(c2ccc(C(=O)Nc3ccc(Cl)c(NC(=O)c4ccccc4)c3)cc2)CC1. The average molecular weight is 961 g/mol. The Labute approximate surface area is 403 Å². The van der Waals surface area contributed by atoms with E-state index >= 15 is 0 Å². The van der Waals surface area contributed by atoms with Gasteiger partial charge in [-0.2, -0.15) is 0 Å². The van der Waals surface area contributed by atoms with Crippen molar-refractivity contribution in [1.82, 2.24) is 14.8 Å². The highest BCUT2D eigenvalue weighted by atomic mass is 35.5. The molecule has 6 aromatic rings. The summed E-state index contributed by atoms with van der Waals surface area (Å²) in [5.74, 6) is -0.366. The molecule has 0 atom stereocenters. The van der Waals surface area contributed by atoms with Crippen LogP contribution in [0.4, 0.5) is 34.3 Å². The zero-order chi connectivity index (χ0) is 47.5. The van der Waals surface area contributed by atoms with Crippen LogP contribution in [0.2, 0.25) is 15.1 Å². The summed E-state index contributed by atoms with van der Waals surface area (Å²) in [6.45, 7) is 8.25. The number of rotatable bonds is 10. The Morgan fingerprint density at radius 2 is 0.955 bits per heavy atom. The molecule has 5 amide bonds. The molecule has 0 saturated carbocycles. The predicted octanol–water partition coefficient (Wildman–Crippen LogP) is 9.16. The van der Waals surface area contributed by atoms with Crippen LogP contribution >= 0.6 is 34.8 Å². The highest BCUT2D eigenvalue weighted by molar-refractivity contribution is 6.34. The maximum absolute atomic E-state index is 12.7. The van der Waals surface area contributed by atoms with Crippen LogP contribution in [0.25, 0.3) is 0 Å². The van der Waals surface area contributed by atoms with Gasteiger partial charge in [0.25, 0.3) is 23.6 Å². The normalized spacial score (nSPS) is 13.7. The molecule has 3 heterocycles. The summed E-state index contributed by atoms with van der Waals surface area (Å²) < 4.78 is 0. The second-order valence-electron chi connectivity index (χ2n) is 15.8. The number of carbonyl (C=O) groups excluding carboxylic acids is 5. The molecule has 5 aromatic carbocycles. The van der Waals surface area contributed by atoms with Gasteiger partial charge in [-0.05, 0) is 116 Å². The van der Waals surface area contributed by atoms with Crippen LogP contribution in [-0.4, -0.2) is 104 Å². The van der Waals surface area contributed by atoms with Crippen LogP contribution < -0.4 is 31.1 Å². The lowest BCUT2D eigenvalue weighted by atomic mass is 10.1. The highest BCUT2D eigenvalue weighted by Crippen LogP contribution is 2.29. The molecule has 8 rings (SSSR count). The van der Waals surface area contributed by atoms with Crippen LogP contribution in [-0.2, 0) is 4.79 Å². The van der Waals surface area contributed by atoms with E-state index in [4.69, 9.17) is 34.8 Å². The molecule has 2 fully saturated rings. The summed E-state index contributed by atoms with van der Waals surface area (Å²) in [5, 5.41) is 12.5. The molecule has 0 bridgehead atoms. The maximum atomic E-state index is 12.7. The Hall–Kier alpha value is -6.97. The molecule has 4 N–H and O–H groups in total. The number of anilines is 6. The van der Waals surface area contributed by atoms with Crippen molar-refractivity contribution in [3.63, 3.8) is 0 Å². The smallest absolute Gasteiger partial charge is 0.257 e. The Balaban J connectivity index is 0.000000200. The number of nitrogens with one attached hydrogen (secondary N) is 4. The van der Waals surface area contributed by atoms with Gasteiger partial charge in [-0.3, -0.25) is 24.0 Å². The standard InChI is InChI=1S/C25H23Cl2N5O3.C25H25ClN4O2/c1-16(33)31-10-12-32(13-11-31)23-9-4-18(15-28-23)25(35)29-20-7-8-21(27)22(14-20)30-24(34)17-2-5-19(26)6-3-17;1-29-13-15-30(16-14-29)21-10-7-19(8-11-21)24(31)27-20-9-12-22(26)23(17-20)28-25(32)18-5-3-2-4-6-18/h2-9,14-15H,10-13H2,1H3,(H,29,35)(H,30,34);2-12,17H,13-16H2,1H3,(H,27,31)(H,28,32). The Morgan fingerprint density at radius 1 is 0.493 bits per heavy atom. The fourth-order valence-electron chi connectivity index (χ4n) is 7.23. The summed E-state index contributed by atoms with van der Waals surface area (Å²) in [5.41, 5.74) is 4.83. The summed E-state index contributed by atoms with van der Waals surface area (Å²) in [6, 6.07) is 36.3. The number of benzene rings is 5. The van der Waals surface area contributed by atoms with Gasteiger partial charge in [-0.1, -0.05) is 53.0 Å². The lowest BCUT2D eigenvalue weighted by Crippen LogP contribution is -2.48. The fourth-order valence-corrected chi connectivity index (χ4v) is 7.69. The first-order valence-corrected chi connectivity index (χ1v) is 22.6. The number of piperazine rings is 2. The quantitative estimate of drug-likeness (QED) is 0.105. The summed E-state index contributed by atoms with van der Waals surface area (Å²) >= 11 is 18.4. The molecular weight excluding hydrogens is 913 g/mol. The fraction of sp³-hybridized carbons (Fsp3) is 0.200. The van der Waals surface area contributed by atoms with E-state index in [9.17, 15) is 24.0 Å². The zero-order valence-corrected chi connectivity index (χ0v) is 39.0. The van der Waals surface area contributed by atoms with Gasteiger partial charge in [0.2, 0.25) is 5.91 Å². The van der Waals surface area contributed by atoms with E-state index in [1.54, 1.807) is 109 Å². The first-order chi connectivity index (χ1) is 32.3. The van der Waals surface area contributed by atoms with E-state index in [1.165, 1.54) is 6.20 Å². The van der Waals surface area contributed by atoms with Crippen LogP contribution in [0, 0.1) is 0 Å². The molecule has 17 heteroatoms. The minimum atomic E-state index is -0.351. The molecule has 0 aliphatic carbocycles. The number of amides is 5. The number of hydrogen-bond donors (Lipinski definition) is 4. The third-order valence-electron chi connectivity index (χ3n) is 11.1. The van der Waals surface area contributed by atoms with E-state index in [-0.39, 0.29) is 29.5 Å². The number of carbonyl (C=O) groups is 5. The van der Waals surface area contributed by atoms with Gasteiger partial charge in [0.05, 0.1) is 27.0 Å². The van der Waals surface area contributed by atoms with Crippen molar-refractivity contribution in [2.45, 2.75) is 6.92 Å². The van der Waals surface area contributed by atoms with Gasteiger partial charge in [-0.15, -0.1) is 0 Å². The first kappa shape index (κ1) is 48.0. The van der Waals surface area contributed by atoms with Crippen molar-refractivity contribution in [3.8, 4) is 0 Å². The van der Waals surface area contributed by atoms with E-state index < -0.39 is 0 Å². The summed E-state index contributed by atoms with van der Waals surface area (Å²) in [6.07, 6.45) is 1.52. The van der Waals surface area contributed by atoms with Gasteiger partial charge in [0.15, 0.2) is 0 Å². The minimum absolute atomic E-state index is 0.0690. The van der Waals surface area contributed by atoms with Gasteiger partial charge in [0.1, 0.15) is 5.82 Å². The topological polar surface area (TPSA) is 159 Å². The van der Waals surface area contributed by atoms with E-state index in [0.717, 1.165) is 37.7 Å². The van der Waals surface area contributed by atoms with Crippen molar-refractivity contribution < 1.29 is 24.0 Å². The molecule has 2 saturated heterocycles. The number of nitrogens with zero attached hydrogens (tertiary/aromatic N) is 5. The monoisotopic (exact) mass is 959 g/mol. The van der Waals surface area contributed by atoms with E-state index in [0.29, 0.717) is 86.3 Å². The molecule has 14 nitrogen and oxygen atoms in total. The predicted molar refractivity (Wildman–Crippen MR) is 267 cm³/mol. The van der Waals surface area contributed by atoms with E-state index in [1.807, 2.05) is 30.3 Å². The van der Waals surface area contributed by atoms with Crippen molar-refractivity contribution in [2.75, 3.05) is 90.5 Å². The Bertz CT molecular complexity index is 2710. The molecule has 0 unspecified atom stereocenters. The van der Waals surface area contributed by atoms with Crippen molar-refractivity contribution in [3.05, 3.63) is 171 Å². The second kappa shape index (κ2) is 22.5. The van der Waals surface area contributed by atoms with Gasteiger partial charge in [-0.25, -0.2) is 4.98 Å². The Kier molecular flexibility index (Phi) is 16.1. The average Bonchev–Trinajstić information content (AvgIpc) is 3.34. The summed E-state index contributed by atoms with van der Waals surface area (Å²) in [7, 11) is 2.13. The maximum Gasteiger partial charge on any atom is 0.257 e. The van der Waals surface area contributed by atoms with Gasteiger partial charge in [0, 0.05) is 104 Å². The zero-order valence-electron chi connectivity index (χ0n) is 36.8. The van der Waals surface area contributed by atoms with Gasteiger partial charge < -0.3 is 40.9 Å². The van der Waals surface area contributed by atoms with Crippen molar-refractivity contribution in [1.29, 1.82) is 0 Å². The molecule has 344 valence electrons. The minimum Gasteiger partial charge on any atom is -0.369 e. The second-order valence-corrected chi connectivity index (χ2v) is 17.1. The molecule has 67 heavy (non-hydrogen) atoms. The molecule has 2 aliphatic heterocycles. The molecule has 0 spiro atoms. The molecular formula is C50H48Cl3N9O5. The lowest BCUT2D eigenvalue weighted by molar-refractivity contribution is -0.129. The lowest BCUT2D eigenvalue weighted by Gasteiger charge is -2.34. The highest BCUT2D eigenvalue weighted by Gasteiger charge is 2.21. The number of pyridine rings is 1. The van der Waals surface area contributed by atoms with E-state index in [2.05, 4.69) is 48.0 Å². The first-order valence-electron chi connectivity index (χ1n) is 21.4. The number of halogens is 3. The van der Waals surface area contributed by atoms with Crippen LogP contribution in [0.5, 0.6) is 0 Å². The number of aromatic nitrogens is 1. The Morgan fingerprint density at radius 3 is 1.46 bits per heavy atom. The molecule has 1 aromatic heterocycles. The third-order valence-corrected chi connectivity index (χ3v) is 12.1. The van der Waals surface area contributed by atoms with Crippen LogP contribution in [0.15, 0.2) is 134 Å². The molecule has 2 aliphatic rings. The van der Waals surface area contributed by atoms with Crippen LogP contribution in [0.3, 0.4) is 0 Å². The number of likely N-dealkylation sites (N-methyl/N-ethyl adjacent to an activating group) is 1. The number of hydrogen-bond acceptors (Lipinski definition) is 9. The van der Waals surface area contributed by atoms with Gasteiger partial charge >= 0.3 is 0 Å². The summed E-state index contributed by atoms with van der Waals surface area (Å²) in [4.78, 5) is 74.9.